The second kappa shape index (κ2) is 5.04. The fourth-order valence-corrected chi connectivity index (χ4v) is 2.52. The monoisotopic (exact) mass is 287 g/mol. The molecule has 0 aliphatic heterocycles. The lowest BCUT2D eigenvalue weighted by molar-refractivity contribution is 0.941. The molecule has 22 heavy (non-hydrogen) atoms. The minimum absolute atomic E-state index is 0.588. The van der Waals surface area contributed by atoms with Crippen molar-refractivity contribution in [3.8, 4) is 22.4 Å². The van der Waals surface area contributed by atoms with E-state index in [1.807, 2.05) is 30.6 Å². The molecular formula is C17H13N5. The summed E-state index contributed by atoms with van der Waals surface area (Å²) in [6.45, 7) is 2.08. The second-order valence-corrected chi connectivity index (χ2v) is 5.12. The lowest BCUT2D eigenvalue weighted by Gasteiger charge is -2.09. The lowest BCUT2D eigenvalue weighted by atomic mass is 10.0. The van der Waals surface area contributed by atoms with Gasteiger partial charge in [0.15, 0.2) is 0 Å². The molecule has 0 spiro atoms. The predicted molar refractivity (Wildman–Crippen MR) is 84.2 cm³/mol. The highest BCUT2D eigenvalue weighted by Gasteiger charge is 2.10. The number of aromatic nitrogens is 5. The maximum atomic E-state index is 4.56. The number of hydrogen-bond donors (Lipinski definition) is 0. The van der Waals surface area contributed by atoms with E-state index in [1.165, 1.54) is 11.9 Å². The zero-order valence-corrected chi connectivity index (χ0v) is 12.0. The third-order valence-corrected chi connectivity index (χ3v) is 3.54. The molecule has 0 radical (unpaired) electrons. The first kappa shape index (κ1) is 12.6. The van der Waals surface area contributed by atoms with Gasteiger partial charge in [-0.3, -0.25) is 4.98 Å². The van der Waals surface area contributed by atoms with Crippen LogP contribution in [0.1, 0.15) is 5.56 Å². The Morgan fingerprint density at radius 3 is 2.82 bits per heavy atom. The maximum Gasteiger partial charge on any atom is 0.252 e. The molecule has 0 aliphatic rings. The first-order chi connectivity index (χ1) is 10.8. The first-order valence-electron chi connectivity index (χ1n) is 6.99. The summed E-state index contributed by atoms with van der Waals surface area (Å²) in [5.41, 5.74) is 5.22. The van der Waals surface area contributed by atoms with Crippen LogP contribution in [0.3, 0.4) is 0 Å². The van der Waals surface area contributed by atoms with Gasteiger partial charge in [-0.15, -0.1) is 0 Å². The van der Waals surface area contributed by atoms with Crippen molar-refractivity contribution in [1.82, 2.24) is 24.6 Å². The highest BCUT2D eigenvalue weighted by atomic mass is 15.3. The largest absolute Gasteiger partial charge is 0.256 e. The summed E-state index contributed by atoms with van der Waals surface area (Å²) >= 11 is 0. The van der Waals surface area contributed by atoms with Crippen LogP contribution < -0.4 is 0 Å². The summed E-state index contributed by atoms with van der Waals surface area (Å²) in [7, 11) is 0. The highest BCUT2D eigenvalue weighted by Crippen LogP contribution is 2.29. The molecule has 0 bridgehead atoms. The fraction of sp³-hybridized carbons (Fsp3) is 0.0588. The van der Waals surface area contributed by atoms with E-state index in [0.29, 0.717) is 5.78 Å². The zero-order valence-electron chi connectivity index (χ0n) is 12.0. The molecule has 0 saturated carbocycles. The number of pyridine rings is 1. The van der Waals surface area contributed by atoms with Crippen LogP contribution in [0.2, 0.25) is 0 Å². The number of fused-ring (bicyclic) bond motifs is 1. The van der Waals surface area contributed by atoms with Gasteiger partial charge in [0.2, 0.25) is 0 Å². The van der Waals surface area contributed by atoms with E-state index < -0.39 is 0 Å². The van der Waals surface area contributed by atoms with Crippen molar-refractivity contribution in [3.63, 3.8) is 0 Å². The summed E-state index contributed by atoms with van der Waals surface area (Å²) in [5.74, 6) is 0.588. The summed E-state index contributed by atoms with van der Waals surface area (Å²) in [6, 6.07) is 12.3. The van der Waals surface area contributed by atoms with Gasteiger partial charge in [0.1, 0.15) is 6.33 Å². The topological polar surface area (TPSA) is 56.0 Å². The summed E-state index contributed by atoms with van der Waals surface area (Å²) in [4.78, 5) is 13.0. The Morgan fingerprint density at radius 2 is 1.91 bits per heavy atom. The molecule has 4 aromatic rings. The third-order valence-electron chi connectivity index (χ3n) is 3.54. The van der Waals surface area contributed by atoms with Gasteiger partial charge < -0.3 is 0 Å². The molecule has 0 N–H and O–H groups in total. The van der Waals surface area contributed by atoms with E-state index in [2.05, 4.69) is 45.2 Å². The number of aryl methyl sites for hydroxylation is 1. The Hall–Kier alpha value is -3.08. The number of rotatable bonds is 2. The van der Waals surface area contributed by atoms with Crippen LogP contribution in [0.5, 0.6) is 0 Å². The Bertz CT molecular complexity index is 958. The molecule has 5 nitrogen and oxygen atoms in total. The number of benzene rings is 1. The van der Waals surface area contributed by atoms with E-state index >= 15 is 0 Å². The predicted octanol–water partition coefficient (Wildman–Crippen LogP) is 3.16. The van der Waals surface area contributed by atoms with E-state index in [-0.39, 0.29) is 0 Å². The van der Waals surface area contributed by atoms with Crippen molar-refractivity contribution in [3.05, 3.63) is 66.9 Å². The Labute approximate surface area is 127 Å². The molecular weight excluding hydrogens is 274 g/mol. The molecule has 0 aliphatic carbocycles. The first-order valence-corrected chi connectivity index (χ1v) is 6.99. The van der Waals surface area contributed by atoms with Crippen molar-refractivity contribution < 1.29 is 0 Å². The second-order valence-electron chi connectivity index (χ2n) is 5.12. The molecule has 3 heterocycles. The SMILES string of the molecule is Cc1cccc(-c2ncccc2-c2cnc3ncnn3c2)c1. The summed E-state index contributed by atoms with van der Waals surface area (Å²) in [5, 5.41) is 4.14. The Balaban J connectivity index is 1.92. The normalized spacial score (nSPS) is 11.0. The van der Waals surface area contributed by atoms with Crippen molar-refractivity contribution in [2.75, 3.05) is 0 Å². The average Bonchev–Trinajstić information content (AvgIpc) is 3.02. The molecule has 0 saturated heterocycles. The van der Waals surface area contributed by atoms with Crippen molar-refractivity contribution in [2.24, 2.45) is 0 Å². The lowest BCUT2D eigenvalue weighted by Crippen LogP contribution is -1.94. The molecule has 5 heteroatoms. The molecule has 0 atom stereocenters. The molecule has 106 valence electrons. The molecule has 0 fully saturated rings. The summed E-state index contributed by atoms with van der Waals surface area (Å²) in [6.07, 6.45) is 7.03. The summed E-state index contributed by atoms with van der Waals surface area (Å²) < 4.78 is 1.67. The van der Waals surface area contributed by atoms with Gasteiger partial charge in [0.05, 0.1) is 5.69 Å². The minimum atomic E-state index is 0.588. The molecule has 3 aromatic heterocycles. The standard InChI is InChI=1S/C17H13N5/c1-12-4-2-5-13(8-12)16-15(6-3-7-18-16)14-9-19-17-20-11-21-22(17)10-14/h2-11H,1H3. The maximum absolute atomic E-state index is 4.56. The third kappa shape index (κ3) is 2.13. The van der Waals surface area contributed by atoms with Gasteiger partial charge >= 0.3 is 0 Å². The Morgan fingerprint density at radius 1 is 0.955 bits per heavy atom. The van der Waals surface area contributed by atoms with Gasteiger partial charge in [-0.1, -0.05) is 29.8 Å². The quantitative estimate of drug-likeness (QED) is 0.568. The van der Waals surface area contributed by atoms with Crippen molar-refractivity contribution >= 4 is 5.78 Å². The van der Waals surface area contributed by atoms with Gasteiger partial charge in [0.25, 0.3) is 5.78 Å². The van der Waals surface area contributed by atoms with Gasteiger partial charge in [-0.25, -0.2) is 9.50 Å². The molecule has 0 unspecified atom stereocenters. The van der Waals surface area contributed by atoms with E-state index in [9.17, 15) is 0 Å². The van der Waals surface area contributed by atoms with E-state index in [4.69, 9.17) is 0 Å². The van der Waals surface area contributed by atoms with E-state index in [1.54, 1.807) is 10.7 Å². The van der Waals surface area contributed by atoms with Crippen LogP contribution in [0.4, 0.5) is 0 Å². The number of hydrogen-bond acceptors (Lipinski definition) is 4. The molecule has 4 rings (SSSR count). The van der Waals surface area contributed by atoms with Gasteiger partial charge in [-0.05, 0) is 19.1 Å². The van der Waals surface area contributed by atoms with Crippen LogP contribution in [0.15, 0.2) is 61.3 Å². The van der Waals surface area contributed by atoms with Crippen LogP contribution in [0, 0.1) is 6.92 Å². The van der Waals surface area contributed by atoms with Gasteiger partial charge in [-0.2, -0.15) is 10.1 Å². The van der Waals surface area contributed by atoms with E-state index in [0.717, 1.165) is 22.4 Å². The fourth-order valence-electron chi connectivity index (χ4n) is 2.52. The smallest absolute Gasteiger partial charge is 0.252 e. The van der Waals surface area contributed by atoms with Crippen molar-refractivity contribution in [1.29, 1.82) is 0 Å². The van der Waals surface area contributed by atoms with Crippen LogP contribution in [-0.2, 0) is 0 Å². The van der Waals surface area contributed by atoms with Crippen LogP contribution >= 0.6 is 0 Å². The van der Waals surface area contributed by atoms with Crippen LogP contribution in [-0.4, -0.2) is 24.6 Å². The molecule has 1 aromatic carbocycles. The number of nitrogens with zero attached hydrogens (tertiary/aromatic N) is 5. The molecule has 0 amide bonds. The van der Waals surface area contributed by atoms with Gasteiger partial charge in [0, 0.05) is 35.3 Å². The van der Waals surface area contributed by atoms with Crippen molar-refractivity contribution in [2.45, 2.75) is 6.92 Å². The average molecular weight is 287 g/mol. The highest BCUT2D eigenvalue weighted by molar-refractivity contribution is 5.80. The Kier molecular flexibility index (Phi) is 2.89. The van der Waals surface area contributed by atoms with Crippen LogP contribution in [0.25, 0.3) is 28.2 Å². The zero-order chi connectivity index (χ0) is 14.9. The minimum Gasteiger partial charge on any atom is -0.256 e.